The number of nitrogens with zero attached hydrogens (tertiary/aromatic N) is 1. The molecule has 0 spiro atoms. The molecule has 2 aliphatic heterocycles. The van der Waals surface area contributed by atoms with Gasteiger partial charge in [0.25, 0.3) is 0 Å². The Hall–Kier alpha value is -0.150. The van der Waals surface area contributed by atoms with E-state index in [-0.39, 0.29) is 5.91 Å². The molecule has 0 bridgehead atoms. The SMILES string of the molecule is O=C1C[C@H]2SCC(CCl)=CN12. The minimum atomic E-state index is 0.227. The Morgan fingerprint density at radius 2 is 2.64 bits per heavy atom. The number of β-lactam (4-membered cyclic amide) rings is 1. The van der Waals surface area contributed by atoms with Gasteiger partial charge in [-0.25, -0.2) is 0 Å². The summed E-state index contributed by atoms with van der Waals surface area (Å²) in [6.07, 6.45) is 2.61. The molecule has 2 heterocycles. The second-order valence-electron chi connectivity index (χ2n) is 2.69. The van der Waals surface area contributed by atoms with E-state index in [0.29, 0.717) is 17.7 Å². The van der Waals surface area contributed by atoms with Gasteiger partial charge in [-0.3, -0.25) is 4.79 Å². The van der Waals surface area contributed by atoms with Crippen molar-refractivity contribution in [2.75, 3.05) is 11.6 Å². The molecule has 4 heteroatoms. The molecule has 0 unspecified atom stereocenters. The average Bonchev–Trinajstić information content (AvgIpc) is 2.03. The Balaban J connectivity index is 2.13. The molecule has 1 atom stereocenters. The minimum absolute atomic E-state index is 0.227. The quantitative estimate of drug-likeness (QED) is 0.459. The van der Waals surface area contributed by atoms with Crippen molar-refractivity contribution >= 4 is 29.3 Å². The highest BCUT2D eigenvalue weighted by Crippen LogP contribution is 2.35. The number of rotatable bonds is 1. The van der Waals surface area contributed by atoms with Gasteiger partial charge in [-0.2, -0.15) is 0 Å². The molecule has 0 N–H and O–H groups in total. The summed E-state index contributed by atoms with van der Waals surface area (Å²) in [7, 11) is 0. The number of carbonyl (C=O) groups is 1. The summed E-state index contributed by atoms with van der Waals surface area (Å²) in [4.78, 5) is 12.7. The zero-order valence-electron chi connectivity index (χ0n) is 5.92. The molecule has 60 valence electrons. The number of carbonyl (C=O) groups excluding carboxylic acids is 1. The Bertz CT molecular complexity index is 228. The molecule has 0 aromatic heterocycles. The fraction of sp³-hybridized carbons (Fsp3) is 0.571. The topological polar surface area (TPSA) is 20.3 Å². The van der Waals surface area contributed by atoms with Gasteiger partial charge in [-0.05, 0) is 5.57 Å². The number of hydrogen-bond donors (Lipinski definition) is 0. The van der Waals surface area contributed by atoms with Crippen LogP contribution in [0.15, 0.2) is 11.8 Å². The summed E-state index contributed by atoms with van der Waals surface area (Å²) in [5, 5.41) is 0.412. The zero-order chi connectivity index (χ0) is 7.84. The van der Waals surface area contributed by atoms with Gasteiger partial charge in [0.1, 0.15) is 0 Å². The van der Waals surface area contributed by atoms with Crippen LogP contribution in [-0.4, -0.2) is 27.8 Å². The van der Waals surface area contributed by atoms with E-state index in [1.54, 1.807) is 16.7 Å². The van der Waals surface area contributed by atoms with Crippen molar-refractivity contribution in [3.05, 3.63) is 11.8 Å². The average molecular weight is 190 g/mol. The molecule has 2 aliphatic rings. The molecule has 1 amide bonds. The summed E-state index contributed by atoms with van der Waals surface area (Å²) in [6.45, 7) is 0. The number of halogens is 1. The smallest absolute Gasteiger partial charge is 0.230 e. The highest BCUT2D eigenvalue weighted by molar-refractivity contribution is 8.00. The summed E-state index contributed by atoms with van der Waals surface area (Å²) < 4.78 is 0. The lowest BCUT2D eigenvalue weighted by Crippen LogP contribution is -2.49. The largest absolute Gasteiger partial charge is 0.306 e. The maximum Gasteiger partial charge on any atom is 0.230 e. The highest BCUT2D eigenvalue weighted by Gasteiger charge is 2.37. The summed E-state index contributed by atoms with van der Waals surface area (Å²) in [6, 6.07) is 0. The second kappa shape index (κ2) is 2.72. The summed E-state index contributed by atoms with van der Waals surface area (Å²) >= 11 is 7.45. The third-order valence-electron chi connectivity index (χ3n) is 1.90. The third-order valence-corrected chi connectivity index (χ3v) is 3.56. The molecule has 0 aromatic carbocycles. The Morgan fingerprint density at radius 1 is 1.82 bits per heavy atom. The molecule has 0 radical (unpaired) electrons. The number of fused-ring (bicyclic) bond motifs is 1. The predicted octanol–water partition coefficient (Wildman–Crippen LogP) is 1.41. The van der Waals surface area contributed by atoms with Crippen LogP contribution in [0.2, 0.25) is 0 Å². The van der Waals surface area contributed by atoms with Crippen LogP contribution < -0.4 is 0 Å². The van der Waals surface area contributed by atoms with Crippen molar-refractivity contribution in [3.8, 4) is 0 Å². The van der Waals surface area contributed by atoms with E-state index in [0.717, 1.165) is 11.3 Å². The van der Waals surface area contributed by atoms with Crippen LogP contribution in [0.3, 0.4) is 0 Å². The standard InChI is InChI=1S/C7H8ClNOS/c8-2-5-3-9-6(10)1-7(9)11-4-5/h3,7H,1-2,4H2/t7-/m1/s1. The number of amides is 1. The van der Waals surface area contributed by atoms with E-state index in [9.17, 15) is 4.79 Å². The van der Waals surface area contributed by atoms with Crippen LogP contribution in [0, 0.1) is 0 Å². The Labute approximate surface area is 74.6 Å². The van der Waals surface area contributed by atoms with Crippen LogP contribution in [0.5, 0.6) is 0 Å². The lowest BCUT2D eigenvalue weighted by molar-refractivity contribution is -0.137. The molecule has 1 fully saturated rings. The Morgan fingerprint density at radius 3 is 3.27 bits per heavy atom. The fourth-order valence-corrected chi connectivity index (χ4v) is 2.66. The first-order chi connectivity index (χ1) is 5.31. The van der Waals surface area contributed by atoms with Crippen LogP contribution in [0.1, 0.15) is 6.42 Å². The third kappa shape index (κ3) is 1.16. The molecular weight excluding hydrogens is 182 g/mol. The normalized spacial score (nSPS) is 29.2. The zero-order valence-corrected chi connectivity index (χ0v) is 7.49. The maximum absolute atomic E-state index is 11.0. The van der Waals surface area contributed by atoms with Crippen molar-refractivity contribution in [1.82, 2.24) is 4.90 Å². The number of hydrogen-bond acceptors (Lipinski definition) is 2. The van der Waals surface area contributed by atoms with E-state index in [2.05, 4.69) is 0 Å². The Kier molecular flexibility index (Phi) is 1.85. The molecular formula is C7H8ClNOS. The van der Waals surface area contributed by atoms with Gasteiger partial charge in [-0.1, -0.05) is 0 Å². The van der Waals surface area contributed by atoms with Crippen LogP contribution in [-0.2, 0) is 4.79 Å². The van der Waals surface area contributed by atoms with Crippen molar-refractivity contribution in [1.29, 1.82) is 0 Å². The first-order valence-electron chi connectivity index (χ1n) is 3.49. The van der Waals surface area contributed by atoms with E-state index in [1.165, 1.54) is 0 Å². The van der Waals surface area contributed by atoms with Gasteiger partial charge in [-0.15, -0.1) is 23.4 Å². The van der Waals surface area contributed by atoms with Crippen molar-refractivity contribution in [3.63, 3.8) is 0 Å². The molecule has 2 nitrogen and oxygen atoms in total. The van der Waals surface area contributed by atoms with Crippen molar-refractivity contribution in [2.45, 2.75) is 11.8 Å². The first-order valence-corrected chi connectivity index (χ1v) is 5.08. The van der Waals surface area contributed by atoms with E-state index >= 15 is 0 Å². The molecule has 1 saturated heterocycles. The van der Waals surface area contributed by atoms with E-state index in [1.807, 2.05) is 6.20 Å². The number of thioether (sulfide) groups is 1. The molecule has 11 heavy (non-hydrogen) atoms. The van der Waals surface area contributed by atoms with Gasteiger partial charge in [0.15, 0.2) is 0 Å². The lowest BCUT2D eigenvalue weighted by Gasteiger charge is -2.40. The van der Waals surface area contributed by atoms with Gasteiger partial charge in [0.2, 0.25) is 5.91 Å². The van der Waals surface area contributed by atoms with Crippen LogP contribution in [0.25, 0.3) is 0 Å². The monoisotopic (exact) mass is 189 g/mol. The molecule has 0 aliphatic carbocycles. The van der Waals surface area contributed by atoms with Crippen LogP contribution in [0.4, 0.5) is 0 Å². The van der Waals surface area contributed by atoms with Gasteiger partial charge < -0.3 is 4.90 Å². The predicted molar refractivity (Wildman–Crippen MR) is 46.5 cm³/mol. The number of alkyl halides is 1. The fourth-order valence-electron chi connectivity index (χ4n) is 1.21. The van der Waals surface area contributed by atoms with Crippen LogP contribution >= 0.6 is 23.4 Å². The highest BCUT2D eigenvalue weighted by atomic mass is 35.5. The lowest BCUT2D eigenvalue weighted by atomic mass is 10.2. The van der Waals surface area contributed by atoms with Gasteiger partial charge >= 0.3 is 0 Å². The second-order valence-corrected chi connectivity index (χ2v) is 4.13. The van der Waals surface area contributed by atoms with Crippen molar-refractivity contribution < 1.29 is 4.79 Å². The maximum atomic E-state index is 11.0. The van der Waals surface area contributed by atoms with Gasteiger partial charge in [0.05, 0.1) is 11.8 Å². The van der Waals surface area contributed by atoms with E-state index in [4.69, 9.17) is 11.6 Å². The molecule has 0 saturated carbocycles. The first kappa shape index (κ1) is 7.50. The summed E-state index contributed by atoms with van der Waals surface area (Å²) in [5.74, 6) is 1.76. The molecule has 0 aromatic rings. The van der Waals surface area contributed by atoms with Gasteiger partial charge in [0, 0.05) is 17.8 Å². The van der Waals surface area contributed by atoms with Crippen molar-refractivity contribution in [2.24, 2.45) is 0 Å². The van der Waals surface area contributed by atoms with E-state index < -0.39 is 0 Å². The molecule has 2 rings (SSSR count). The minimum Gasteiger partial charge on any atom is -0.306 e. The summed E-state index contributed by atoms with van der Waals surface area (Å²) in [5.41, 5.74) is 1.15.